The van der Waals surface area contributed by atoms with E-state index < -0.39 is 19.4 Å². The Kier molecular flexibility index (Phi) is 7.03. The van der Waals surface area contributed by atoms with Crippen LogP contribution >= 0.6 is 11.8 Å². The van der Waals surface area contributed by atoms with Crippen LogP contribution in [-0.4, -0.2) is 46.6 Å². The van der Waals surface area contributed by atoms with E-state index in [0.717, 1.165) is 0 Å². The van der Waals surface area contributed by atoms with Crippen molar-refractivity contribution in [3.05, 3.63) is 24.3 Å². The molecule has 144 valence electrons. The Balaban J connectivity index is 1.85. The zero-order valence-electron chi connectivity index (χ0n) is 13.2. The second kappa shape index (κ2) is 9.03. The summed E-state index contributed by atoms with van der Waals surface area (Å²) in [5, 5.41) is 8.19. The predicted octanol–water partition coefficient (Wildman–Crippen LogP) is 3.32. The molecule has 0 bridgehead atoms. The largest absolute Gasteiger partial charge is 0.435 e. The Bertz CT molecular complexity index is 694. The molecule has 2 N–H and O–H groups in total. The number of hydrogen-bond acceptors (Lipinski definition) is 6. The molecular formula is C14H15F5N4O2S. The van der Waals surface area contributed by atoms with Crippen LogP contribution in [0.2, 0.25) is 0 Å². The van der Waals surface area contributed by atoms with Gasteiger partial charge in [-0.25, -0.2) is 4.68 Å². The van der Waals surface area contributed by atoms with Crippen LogP contribution in [0, 0.1) is 0 Å². The number of nitrogen functional groups attached to an aromatic ring is 1. The first-order chi connectivity index (χ1) is 12.3. The van der Waals surface area contributed by atoms with Crippen molar-refractivity contribution in [3.63, 3.8) is 0 Å². The van der Waals surface area contributed by atoms with Gasteiger partial charge >= 0.3 is 12.8 Å². The SMILES string of the molecule is Nn1c(SCCCOCC(F)(F)F)nnc1-c1ccc(OC(F)F)cc1. The van der Waals surface area contributed by atoms with Crippen LogP contribution in [0.25, 0.3) is 11.4 Å². The number of ether oxygens (including phenoxy) is 2. The molecule has 0 aliphatic carbocycles. The fourth-order valence-corrected chi connectivity index (χ4v) is 2.64. The number of benzene rings is 1. The molecule has 12 heteroatoms. The smallest absolute Gasteiger partial charge is 0.411 e. The Morgan fingerprint density at radius 3 is 2.46 bits per heavy atom. The normalized spacial score (nSPS) is 11.9. The van der Waals surface area contributed by atoms with E-state index in [1.165, 1.54) is 40.7 Å². The van der Waals surface area contributed by atoms with Gasteiger partial charge in [0.2, 0.25) is 5.16 Å². The van der Waals surface area contributed by atoms with Gasteiger partial charge in [0.05, 0.1) is 0 Å². The van der Waals surface area contributed by atoms with Crippen LogP contribution in [0.1, 0.15) is 6.42 Å². The maximum Gasteiger partial charge on any atom is 0.411 e. The van der Waals surface area contributed by atoms with Crippen LogP contribution in [0.4, 0.5) is 22.0 Å². The van der Waals surface area contributed by atoms with Gasteiger partial charge in [-0.2, -0.15) is 22.0 Å². The van der Waals surface area contributed by atoms with Gasteiger partial charge < -0.3 is 15.3 Å². The summed E-state index contributed by atoms with van der Waals surface area (Å²) in [6.45, 7) is -4.23. The third-order valence-corrected chi connectivity index (χ3v) is 3.96. The van der Waals surface area contributed by atoms with Crippen molar-refractivity contribution < 1.29 is 31.4 Å². The fraction of sp³-hybridized carbons (Fsp3) is 0.429. The lowest BCUT2D eigenvalue weighted by molar-refractivity contribution is -0.173. The Morgan fingerprint density at radius 1 is 1.15 bits per heavy atom. The van der Waals surface area contributed by atoms with Gasteiger partial charge in [0.15, 0.2) is 5.82 Å². The molecule has 0 fully saturated rings. The average molecular weight is 398 g/mol. The first kappa shape index (κ1) is 20.2. The number of halogens is 5. The monoisotopic (exact) mass is 398 g/mol. The van der Waals surface area contributed by atoms with E-state index in [2.05, 4.69) is 19.7 Å². The lowest BCUT2D eigenvalue weighted by Gasteiger charge is -2.07. The highest BCUT2D eigenvalue weighted by Gasteiger charge is 2.27. The quantitative estimate of drug-likeness (QED) is 0.302. The fourth-order valence-electron chi connectivity index (χ4n) is 1.87. The topological polar surface area (TPSA) is 75.2 Å². The van der Waals surface area contributed by atoms with Crippen LogP contribution in [0.3, 0.4) is 0 Å². The molecule has 1 aromatic heterocycles. The molecule has 2 aromatic rings. The van der Waals surface area contributed by atoms with Crippen molar-refractivity contribution in [2.75, 3.05) is 24.8 Å². The summed E-state index contributed by atoms with van der Waals surface area (Å²) in [7, 11) is 0. The maximum absolute atomic E-state index is 12.1. The van der Waals surface area contributed by atoms with Crippen molar-refractivity contribution in [3.8, 4) is 17.1 Å². The lowest BCUT2D eigenvalue weighted by atomic mass is 10.2. The number of rotatable bonds is 9. The first-order valence-corrected chi connectivity index (χ1v) is 8.28. The van der Waals surface area contributed by atoms with Crippen molar-refractivity contribution in [1.29, 1.82) is 0 Å². The molecule has 0 amide bonds. The Labute approximate surface area is 149 Å². The molecule has 0 aliphatic heterocycles. The van der Waals surface area contributed by atoms with Crippen molar-refractivity contribution in [1.82, 2.24) is 14.9 Å². The molecule has 6 nitrogen and oxygen atoms in total. The highest BCUT2D eigenvalue weighted by atomic mass is 32.2. The van der Waals surface area contributed by atoms with Gasteiger partial charge in [0.25, 0.3) is 0 Å². The first-order valence-electron chi connectivity index (χ1n) is 7.29. The summed E-state index contributed by atoms with van der Waals surface area (Å²) in [5.74, 6) is 6.64. The summed E-state index contributed by atoms with van der Waals surface area (Å²) in [6.07, 6.45) is -3.96. The van der Waals surface area contributed by atoms with E-state index in [0.29, 0.717) is 28.7 Å². The Hall–Kier alpha value is -2.08. The van der Waals surface area contributed by atoms with Gasteiger partial charge in [-0.15, -0.1) is 10.2 Å². The summed E-state index contributed by atoms with van der Waals surface area (Å²) < 4.78 is 70.0. The van der Waals surface area contributed by atoms with Gasteiger partial charge in [0, 0.05) is 17.9 Å². The molecule has 1 aromatic carbocycles. The number of aromatic nitrogens is 3. The molecule has 0 radical (unpaired) electrons. The van der Waals surface area contributed by atoms with Crippen molar-refractivity contribution in [2.45, 2.75) is 24.4 Å². The second-order valence-electron chi connectivity index (χ2n) is 4.95. The minimum absolute atomic E-state index is 0.000270. The standard InChI is InChI=1S/C14H15F5N4O2S/c15-12(16)25-10-4-2-9(3-5-10)11-21-22-13(23(11)20)26-7-1-6-24-8-14(17,18)19/h2-5,12H,1,6-8,20H2. The number of alkyl halides is 5. The van der Waals surface area contributed by atoms with Crippen LogP contribution < -0.4 is 10.6 Å². The molecule has 0 spiro atoms. The van der Waals surface area contributed by atoms with Crippen LogP contribution in [0.15, 0.2) is 29.4 Å². The van der Waals surface area contributed by atoms with Gasteiger partial charge in [0.1, 0.15) is 12.4 Å². The summed E-state index contributed by atoms with van der Waals surface area (Å²) in [4.78, 5) is 0. The third kappa shape index (κ3) is 6.33. The molecule has 0 saturated heterocycles. The van der Waals surface area contributed by atoms with Gasteiger partial charge in [-0.3, -0.25) is 0 Å². The number of nitrogens with zero attached hydrogens (tertiary/aromatic N) is 3. The lowest BCUT2D eigenvalue weighted by Crippen LogP contribution is -2.17. The van der Waals surface area contributed by atoms with Crippen molar-refractivity contribution >= 4 is 11.8 Å². The van der Waals surface area contributed by atoms with Crippen LogP contribution in [-0.2, 0) is 4.74 Å². The summed E-state index contributed by atoms with van der Waals surface area (Å²) in [6, 6.07) is 5.71. The average Bonchev–Trinajstić information content (AvgIpc) is 2.91. The zero-order chi connectivity index (χ0) is 19.2. The van der Waals surface area contributed by atoms with Gasteiger partial charge in [-0.05, 0) is 30.7 Å². The Morgan fingerprint density at radius 2 is 1.85 bits per heavy atom. The van der Waals surface area contributed by atoms with E-state index >= 15 is 0 Å². The minimum Gasteiger partial charge on any atom is -0.435 e. The molecule has 0 unspecified atom stereocenters. The van der Waals surface area contributed by atoms with E-state index in [4.69, 9.17) is 5.84 Å². The number of nitrogens with two attached hydrogens (primary N) is 1. The van der Waals surface area contributed by atoms with E-state index in [-0.39, 0.29) is 12.4 Å². The molecule has 0 atom stereocenters. The highest BCUT2D eigenvalue weighted by Crippen LogP contribution is 2.24. The van der Waals surface area contributed by atoms with E-state index in [9.17, 15) is 22.0 Å². The predicted molar refractivity (Wildman–Crippen MR) is 84.5 cm³/mol. The van der Waals surface area contributed by atoms with Crippen LogP contribution in [0.5, 0.6) is 5.75 Å². The van der Waals surface area contributed by atoms with E-state index in [1.54, 1.807) is 0 Å². The zero-order valence-corrected chi connectivity index (χ0v) is 14.1. The third-order valence-electron chi connectivity index (χ3n) is 2.93. The minimum atomic E-state index is -4.34. The molecular weight excluding hydrogens is 383 g/mol. The second-order valence-corrected chi connectivity index (χ2v) is 6.01. The molecule has 0 aliphatic rings. The molecule has 26 heavy (non-hydrogen) atoms. The highest BCUT2D eigenvalue weighted by molar-refractivity contribution is 7.99. The molecule has 0 saturated carbocycles. The maximum atomic E-state index is 12.1. The number of hydrogen-bond donors (Lipinski definition) is 1. The summed E-state index contributed by atoms with van der Waals surface area (Å²) >= 11 is 1.21. The molecule has 1 heterocycles. The molecule has 2 rings (SSSR count). The van der Waals surface area contributed by atoms with Gasteiger partial charge in [-0.1, -0.05) is 11.8 Å². The van der Waals surface area contributed by atoms with Crippen molar-refractivity contribution in [2.24, 2.45) is 0 Å². The van der Waals surface area contributed by atoms with E-state index in [1.807, 2.05) is 0 Å². The summed E-state index contributed by atoms with van der Waals surface area (Å²) in [5.41, 5.74) is 0.543. The number of thioether (sulfide) groups is 1.